The Morgan fingerprint density at radius 2 is 2.29 bits per heavy atom. The van der Waals surface area contributed by atoms with Gasteiger partial charge in [0.05, 0.1) is 6.61 Å². The van der Waals surface area contributed by atoms with E-state index in [2.05, 4.69) is 11.8 Å². The van der Waals surface area contributed by atoms with E-state index < -0.39 is 0 Å². The van der Waals surface area contributed by atoms with Gasteiger partial charge < -0.3 is 9.64 Å². The van der Waals surface area contributed by atoms with Gasteiger partial charge in [-0.3, -0.25) is 0 Å². The zero-order chi connectivity index (χ0) is 10.2. The molecule has 1 fully saturated rings. The minimum Gasteiger partial charge on any atom is -0.380 e. The van der Waals surface area contributed by atoms with Crippen molar-refractivity contribution in [1.82, 2.24) is 4.90 Å². The maximum absolute atomic E-state index is 5.73. The number of likely N-dealkylation sites (tertiary alicyclic amines) is 1. The second-order valence-electron chi connectivity index (χ2n) is 4.05. The first kappa shape index (κ1) is 12.3. The average Bonchev–Trinajstić information content (AvgIpc) is 2.61. The maximum Gasteiger partial charge on any atom is 0.0593 e. The maximum atomic E-state index is 5.73. The van der Waals surface area contributed by atoms with Crippen LogP contribution in [0.4, 0.5) is 0 Å². The Morgan fingerprint density at radius 1 is 1.43 bits per heavy atom. The van der Waals surface area contributed by atoms with E-state index in [1.165, 1.54) is 25.9 Å². The van der Waals surface area contributed by atoms with Gasteiger partial charge in [0.15, 0.2) is 0 Å². The molecule has 1 heterocycles. The zero-order valence-corrected chi connectivity index (χ0v) is 9.93. The van der Waals surface area contributed by atoms with E-state index in [1.807, 2.05) is 0 Å². The van der Waals surface area contributed by atoms with E-state index in [0.717, 1.165) is 38.0 Å². The molecule has 3 heteroatoms. The molecule has 1 unspecified atom stereocenters. The smallest absolute Gasteiger partial charge is 0.0593 e. The molecule has 1 saturated heterocycles. The van der Waals surface area contributed by atoms with E-state index in [1.54, 1.807) is 0 Å². The molecule has 0 amide bonds. The van der Waals surface area contributed by atoms with E-state index in [-0.39, 0.29) is 0 Å². The van der Waals surface area contributed by atoms with Gasteiger partial charge >= 0.3 is 0 Å². The van der Waals surface area contributed by atoms with Gasteiger partial charge in [-0.05, 0) is 31.7 Å². The molecule has 0 aromatic carbocycles. The van der Waals surface area contributed by atoms with Crippen LogP contribution < -0.4 is 0 Å². The van der Waals surface area contributed by atoms with E-state index in [9.17, 15) is 0 Å². The number of rotatable bonds is 7. The molecule has 0 saturated carbocycles. The van der Waals surface area contributed by atoms with Crippen molar-refractivity contribution in [3.8, 4) is 0 Å². The SMILES string of the molecule is CCCOCCN1CCC(CCCl)C1. The van der Waals surface area contributed by atoms with Gasteiger partial charge in [0.1, 0.15) is 0 Å². The molecule has 0 aliphatic carbocycles. The van der Waals surface area contributed by atoms with Gasteiger partial charge in [-0.15, -0.1) is 11.6 Å². The molecule has 0 spiro atoms. The van der Waals surface area contributed by atoms with Crippen molar-refractivity contribution < 1.29 is 4.74 Å². The summed E-state index contributed by atoms with van der Waals surface area (Å²) in [6.45, 7) is 7.49. The van der Waals surface area contributed by atoms with Gasteiger partial charge in [0, 0.05) is 25.6 Å². The highest BCUT2D eigenvalue weighted by molar-refractivity contribution is 6.17. The fourth-order valence-corrected chi connectivity index (χ4v) is 2.25. The van der Waals surface area contributed by atoms with Crippen LogP contribution in [0, 0.1) is 5.92 Å². The Morgan fingerprint density at radius 3 is 3.00 bits per heavy atom. The third-order valence-corrected chi connectivity index (χ3v) is 3.01. The second-order valence-corrected chi connectivity index (χ2v) is 4.42. The normalized spacial score (nSPS) is 23.1. The van der Waals surface area contributed by atoms with Gasteiger partial charge in [0.25, 0.3) is 0 Å². The van der Waals surface area contributed by atoms with Gasteiger partial charge in [-0.1, -0.05) is 6.92 Å². The summed E-state index contributed by atoms with van der Waals surface area (Å²) in [5.41, 5.74) is 0. The lowest BCUT2D eigenvalue weighted by Gasteiger charge is -2.15. The first-order valence-corrected chi connectivity index (χ1v) is 6.26. The molecule has 14 heavy (non-hydrogen) atoms. The van der Waals surface area contributed by atoms with Crippen LogP contribution in [0.15, 0.2) is 0 Å². The number of hydrogen-bond acceptors (Lipinski definition) is 2. The highest BCUT2D eigenvalue weighted by atomic mass is 35.5. The minimum atomic E-state index is 0.810. The molecular formula is C11H22ClNO. The lowest BCUT2D eigenvalue weighted by atomic mass is 10.1. The van der Waals surface area contributed by atoms with Crippen LogP contribution in [0.25, 0.3) is 0 Å². The molecule has 1 aliphatic rings. The molecular weight excluding hydrogens is 198 g/mol. The minimum absolute atomic E-state index is 0.810. The van der Waals surface area contributed by atoms with E-state index in [0.29, 0.717) is 0 Å². The number of alkyl halides is 1. The lowest BCUT2D eigenvalue weighted by Crippen LogP contribution is -2.25. The molecule has 0 N–H and O–H groups in total. The van der Waals surface area contributed by atoms with Crippen LogP contribution in [-0.4, -0.2) is 43.6 Å². The quantitative estimate of drug-likeness (QED) is 0.482. The summed E-state index contributed by atoms with van der Waals surface area (Å²) in [5, 5.41) is 0. The summed E-state index contributed by atoms with van der Waals surface area (Å²) in [4.78, 5) is 2.49. The van der Waals surface area contributed by atoms with Crippen LogP contribution in [0.5, 0.6) is 0 Å². The Bertz CT molecular complexity index is 143. The average molecular weight is 220 g/mol. The van der Waals surface area contributed by atoms with E-state index in [4.69, 9.17) is 16.3 Å². The van der Waals surface area contributed by atoms with Crippen molar-refractivity contribution in [1.29, 1.82) is 0 Å². The summed E-state index contributed by atoms with van der Waals surface area (Å²) in [6.07, 6.45) is 3.61. The summed E-state index contributed by atoms with van der Waals surface area (Å²) >= 11 is 5.73. The molecule has 0 bridgehead atoms. The number of ether oxygens (including phenoxy) is 1. The van der Waals surface area contributed by atoms with E-state index >= 15 is 0 Å². The number of hydrogen-bond donors (Lipinski definition) is 0. The number of nitrogens with zero attached hydrogens (tertiary/aromatic N) is 1. The van der Waals surface area contributed by atoms with Crippen molar-refractivity contribution in [3.63, 3.8) is 0 Å². The Labute approximate surface area is 92.6 Å². The highest BCUT2D eigenvalue weighted by Gasteiger charge is 2.20. The standard InChI is InChI=1S/C11H22ClNO/c1-2-8-14-9-7-13-6-4-11(10-13)3-5-12/h11H,2-10H2,1H3. The molecule has 1 rings (SSSR count). The predicted molar refractivity (Wildman–Crippen MR) is 61.0 cm³/mol. The first-order valence-electron chi connectivity index (χ1n) is 5.73. The molecule has 1 atom stereocenters. The Kier molecular flexibility index (Phi) is 6.57. The molecule has 84 valence electrons. The van der Waals surface area contributed by atoms with Crippen LogP contribution in [0.1, 0.15) is 26.2 Å². The van der Waals surface area contributed by atoms with Gasteiger partial charge in [-0.25, -0.2) is 0 Å². The second kappa shape index (κ2) is 7.49. The molecule has 0 aromatic heterocycles. The molecule has 0 radical (unpaired) electrons. The highest BCUT2D eigenvalue weighted by Crippen LogP contribution is 2.19. The van der Waals surface area contributed by atoms with Gasteiger partial charge in [0.2, 0.25) is 0 Å². The van der Waals surface area contributed by atoms with Crippen molar-refractivity contribution in [2.45, 2.75) is 26.2 Å². The first-order chi connectivity index (χ1) is 6.86. The Hall–Kier alpha value is 0.210. The predicted octanol–water partition coefficient (Wildman–Crippen LogP) is 2.36. The zero-order valence-electron chi connectivity index (χ0n) is 9.17. The fourth-order valence-electron chi connectivity index (χ4n) is 1.95. The van der Waals surface area contributed by atoms with Crippen molar-refractivity contribution in [2.75, 3.05) is 38.7 Å². The largest absolute Gasteiger partial charge is 0.380 e. The summed E-state index contributed by atoms with van der Waals surface area (Å²) in [6, 6.07) is 0. The van der Waals surface area contributed by atoms with Crippen molar-refractivity contribution in [2.24, 2.45) is 5.92 Å². The van der Waals surface area contributed by atoms with Crippen LogP contribution in [-0.2, 0) is 4.74 Å². The Balaban J connectivity index is 1.98. The monoisotopic (exact) mass is 219 g/mol. The van der Waals surface area contributed by atoms with Crippen molar-refractivity contribution in [3.05, 3.63) is 0 Å². The lowest BCUT2D eigenvalue weighted by molar-refractivity contribution is 0.110. The summed E-state index contributed by atoms with van der Waals surface area (Å²) < 4.78 is 5.47. The van der Waals surface area contributed by atoms with Crippen LogP contribution in [0.3, 0.4) is 0 Å². The van der Waals surface area contributed by atoms with Crippen molar-refractivity contribution >= 4 is 11.6 Å². The molecule has 0 aromatic rings. The fraction of sp³-hybridized carbons (Fsp3) is 1.00. The third kappa shape index (κ3) is 4.63. The number of halogens is 1. The van der Waals surface area contributed by atoms with Crippen LogP contribution >= 0.6 is 11.6 Å². The molecule has 1 aliphatic heterocycles. The molecule has 2 nitrogen and oxygen atoms in total. The summed E-state index contributed by atoms with van der Waals surface area (Å²) in [5.74, 6) is 1.64. The summed E-state index contributed by atoms with van der Waals surface area (Å²) in [7, 11) is 0. The topological polar surface area (TPSA) is 12.5 Å². The van der Waals surface area contributed by atoms with Crippen LogP contribution in [0.2, 0.25) is 0 Å². The third-order valence-electron chi connectivity index (χ3n) is 2.79. The van der Waals surface area contributed by atoms with Gasteiger partial charge in [-0.2, -0.15) is 0 Å².